The van der Waals surface area contributed by atoms with Crippen LogP contribution in [0.4, 0.5) is 5.69 Å². The van der Waals surface area contributed by atoms with Crippen molar-refractivity contribution < 1.29 is 5.11 Å². The third-order valence-corrected chi connectivity index (χ3v) is 1.75. The summed E-state index contributed by atoms with van der Waals surface area (Å²) in [5.74, 6) is 0. The van der Waals surface area contributed by atoms with Crippen LogP contribution in [0.1, 0.15) is 18.6 Å². The Morgan fingerprint density at radius 3 is 2.58 bits per heavy atom. The number of rotatable bonds is 2. The van der Waals surface area contributed by atoms with Crippen LogP contribution in [0, 0.1) is 0 Å². The van der Waals surface area contributed by atoms with Gasteiger partial charge in [-0.3, -0.25) is 0 Å². The van der Waals surface area contributed by atoms with Gasteiger partial charge in [0, 0.05) is 11.7 Å². The Kier molecular flexibility index (Phi) is 2.68. The third kappa shape index (κ3) is 1.96. The van der Waals surface area contributed by atoms with Crippen molar-refractivity contribution in [2.24, 2.45) is 5.73 Å². The van der Waals surface area contributed by atoms with Crippen molar-refractivity contribution in [3.05, 3.63) is 29.8 Å². The third-order valence-electron chi connectivity index (χ3n) is 1.75. The summed E-state index contributed by atoms with van der Waals surface area (Å²) < 4.78 is 0. The number of anilines is 1. The monoisotopic (exact) mass is 166 g/mol. The average molecular weight is 166 g/mol. The quantitative estimate of drug-likeness (QED) is 0.565. The number of hydrogen-bond acceptors (Lipinski definition) is 3. The minimum Gasteiger partial charge on any atom is -0.399 e. The Labute approximate surface area is 72.0 Å². The zero-order valence-electron chi connectivity index (χ0n) is 7.07. The molecule has 0 spiro atoms. The predicted molar refractivity (Wildman–Crippen MR) is 49.5 cm³/mol. The summed E-state index contributed by atoms with van der Waals surface area (Å²) in [6, 6.07) is 6.85. The molecular weight excluding hydrogens is 152 g/mol. The molecule has 0 bridgehead atoms. The summed E-state index contributed by atoms with van der Waals surface area (Å²) in [6.07, 6.45) is -0.631. The molecule has 0 radical (unpaired) electrons. The zero-order chi connectivity index (χ0) is 9.14. The lowest BCUT2D eigenvalue weighted by atomic mass is 10.0. The van der Waals surface area contributed by atoms with Crippen LogP contribution in [0.3, 0.4) is 0 Å². The number of benzene rings is 1. The molecule has 1 aromatic rings. The molecule has 1 aromatic carbocycles. The van der Waals surface area contributed by atoms with Crippen molar-refractivity contribution in [1.29, 1.82) is 0 Å². The number of hydrogen-bond donors (Lipinski definition) is 3. The molecule has 0 saturated heterocycles. The van der Waals surface area contributed by atoms with Gasteiger partial charge in [0.2, 0.25) is 0 Å². The topological polar surface area (TPSA) is 72.3 Å². The zero-order valence-corrected chi connectivity index (χ0v) is 7.07. The van der Waals surface area contributed by atoms with Gasteiger partial charge in [0.05, 0.1) is 6.10 Å². The van der Waals surface area contributed by atoms with Gasteiger partial charge in [0.15, 0.2) is 0 Å². The van der Waals surface area contributed by atoms with Crippen LogP contribution < -0.4 is 11.5 Å². The second-order valence-electron chi connectivity index (χ2n) is 2.97. The van der Waals surface area contributed by atoms with Gasteiger partial charge in [0.25, 0.3) is 0 Å². The fourth-order valence-corrected chi connectivity index (χ4v) is 1.05. The lowest BCUT2D eigenvalue weighted by molar-refractivity contribution is 0.153. The van der Waals surface area contributed by atoms with Crippen LogP contribution in [0.2, 0.25) is 0 Å². The van der Waals surface area contributed by atoms with Crippen LogP contribution in [-0.4, -0.2) is 11.1 Å². The number of aliphatic hydroxyl groups is 1. The lowest BCUT2D eigenvalue weighted by Gasteiger charge is -2.14. The van der Waals surface area contributed by atoms with Crippen molar-refractivity contribution in [3.63, 3.8) is 0 Å². The molecule has 66 valence electrons. The van der Waals surface area contributed by atoms with Crippen molar-refractivity contribution in [3.8, 4) is 0 Å². The summed E-state index contributed by atoms with van der Waals surface area (Å²) in [6.45, 7) is 1.76. The van der Waals surface area contributed by atoms with Crippen LogP contribution in [0.15, 0.2) is 24.3 Å². The van der Waals surface area contributed by atoms with Crippen molar-refractivity contribution in [2.75, 3.05) is 5.73 Å². The first-order valence-electron chi connectivity index (χ1n) is 3.90. The molecule has 0 aromatic heterocycles. The molecule has 0 aliphatic heterocycles. The number of nitrogens with two attached hydrogens (primary N) is 2. The Hall–Kier alpha value is -1.06. The Bertz CT molecular complexity index is 260. The number of aliphatic hydroxyl groups excluding tert-OH is 1. The highest BCUT2D eigenvalue weighted by atomic mass is 16.3. The Morgan fingerprint density at radius 1 is 1.42 bits per heavy atom. The van der Waals surface area contributed by atoms with Gasteiger partial charge in [-0.15, -0.1) is 0 Å². The first-order valence-corrected chi connectivity index (χ1v) is 3.90. The minimum absolute atomic E-state index is 0.271. The SMILES string of the molecule is CC(N)C(O)c1cccc(N)c1. The molecule has 0 aliphatic carbocycles. The smallest absolute Gasteiger partial charge is 0.0938 e. The predicted octanol–water partition coefficient (Wildman–Crippen LogP) is 0.649. The standard InChI is InChI=1S/C9H14N2O/c1-6(10)9(12)7-3-2-4-8(11)5-7/h2-6,9,12H,10-11H2,1H3. The van der Waals surface area contributed by atoms with E-state index in [0.29, 0.717) is 5.69 Å². The minimum atomic E-state index is -0.631. The summed E-state index contributed by atoms with van der Waals surface area (Å²) in [4.78, 5) is 0. The second-order valence-corrected chi connectivity index (χ2v) is 2.97. The molecule has 3 nitrogen and oxygen atoms in total. The van der Waals surface area contributed by atoms with Crippen LogP contribution in [0.5, 0.6) is 0 Å². The summed E-state index contributed by atoms with van der Waals surface area (Å²) in [5, 5.41) is 9.54. The fourth-order valence-electron chi connectivity index (χ4n) is 1.05. The molecule has 0 amide bonds. The molecule has 3 heteroatoms. The van der Waals surface area contributed by atoms with Crippen molar-refractivity contribution in [2.45, 2.75) is 19.1 Å². The maximum atomic E-state index is 9.54. The van der Waals surface area contributed by atoms with E-state index in [2.05, 4.69) is 0 Å². The normalized spacial score (nSPS) is 15.6. The van der Waals surface area contributed by atoms with Crippen LogP contribution in [0.25, 0.3) is 0 Å². The highest BCUT2D eigenvalue weighted by Crippen LogP contribution is 2.17. The van der Waals surface area contributed by atoms with Gasteiger partial charge in [0.1, 0.15) is 0 Å². The number of nitrogen functional groups attached to an aromatic ring is 1. The first-order chi connectivity index (χ1) is 5.61. The van der Waals surface area contributed by atoms with E-state index in [1.54, 1.807) is 25.1 Å². The highest BCUT2D eigenvalue weighted by Gasteiger charge is 2.11. The van der Waals surface area contributed by atoms with Gasteiger partial charge >= 0.3 is 0 Å². The van der Waals surface area contributed by atoms with E-state index in [1.807, 2.05) is 6.07 Å². The van der Waals surface area contributed by atoms with E-state index in [1.165, 1.54) is 0 Å². The maximum Gasteiger partial charge on any atom is 0.0938 e. The van der Waals surface area contributed by atoms with Gasteiger partial charge < -0.3 is 16.6 Å². The molecule has 0 saturated carbocycles. The molecule has 1 rings (SSSR count). The van der Waals surface area contributed by atoms with Gasteiger partial charge in [-0.2, -0.15) is 0 Å². The van der Waals surface area contributed by atoms with E-state index in [4.69, 9.17) is 11.5 Å². The van der Waals surface area contributed by atoms with E-state index in [9.17, 15) is 5.11 Å². The molecule has 5 N–H and O–H groups in total. The molecule has 0 heterocycles. The molecule has 0 aliphatic rings. The maximum absolute atomic E-state index is 9.54. The van der Waals surface area contributed by atoms with Crippen LogP contribution in [-0.2, 0) is 0 Å². The van der Waals surface area contributed by atoms with E-state index in [-0.39, 0.29) is 6.04 Å². The average Bonchev–Trinajstić information content (AvgIpc) is 2.03. The molecule has 12 heavy (non-hydrogen) atoms. The summed E-state index contributed by atoms with van der Waals surface area (Å²) >= 11 is 0. The Balaban J connectivity index is 2.88. The molecule has 2 unspecified atom stereocenters. The van der Waals surface area contributed by atoms with E-state index < -0.39 is 6.10 Å². The fraction of sp³-hybridized carbons (Fsp3) is 0.333. The second kappa shape index (κ2) is 3.56. The summed E-state index contributed by atoms with van der Waals surface area (Å²) in [5.41, 5.74) is 12.5. The molecule has 2 atom stereocenters. The van der Waals surface area contributed by atoms with Gasteiger partial charge in [-0.1, -0.05) is 12.1 Å². The lowest BCUT2D eigenvalue weighted by Crippen LogP contribution is -2.24. The van der Waals surface area contributed by atoms with Gasteiger partial charge in [-0.05, 0) is 24.6 Å². The Morgan fingerprint density at radius 2 is 2.08 bits per heavy atom. The molecular formula is C9H14N2O. The van der Waals surface area contributed by atoms with E-state index >= 15 is 0 Å². The van der Waals surface area contributed by atoms with Gasteiger partial charge in [-0.25, -0.2) is 0 Å². The highest BCUT2D eigenvalue weighted by molar-refractivity contribution is 5.41. The first kappa shape index (κ1) is 9.03. The van der Waals surface area contributed by atoms with Crippen molar-refractivity contribution >= 4 is 5.69 Å². The largest absolute Gasteiger partial charge is 0.399 e. The van der Waals surface area contributed by atoms with Crippen LogP contribution >= 0.6 is 0 Å². The van der Waals surface area contributed by atoms with E-state index in [0.717, 1.165) is 5.56 Å². The van der Waals surface area contributed by atoms with Crippen molar-refractivity contribution in [1.82, 2.24) is 0 Å². The molecule has 0 fully saturated rings. The summed E-state index contributed by atoms with van der Waals surface area (Å²) in [7, 11) is 0.